The number of hydrogen-bond acceptors (Lipinski definition) is 6. The Bertz CT molecular complexity index is 822. The predicted molar refractivity (Wildman–Crippen MR) is 132 cm³/mol. The van der Waals surface area contributed by atoms with Crippen molar-refractivity contribution in [2.45, 2.75) is 71.8 Å². The van der Waals surface area contributed by atoms with Crippen molar-refractivity contribution in [3.8, 4) is 0 Å². The van der Waals surface area contributed by atoms with Crippen LogP contribution in [0.1, 0.15) is 58.6 Å². The summed E-state index contributed by atoms with van der Waals surface area (Å²) in [5.74, 6) is -0.185. The largest absolute Gasteiger partial charge is 0.444 e. The Labute approximate surface area is 202 Å². The van der Waals surface area contributed by atoms with Crippen LogP contribution in [0.3, 0.4) is 0 Å². The number of aliphatic hydroxyl groups is 1. The fourth-order valence-electron chi connectivity index (χ4n) is 3.11. The van der Waals surface area contributed by atoms with Crippen molar-refractivity contribution in [2.75, 3.05) is 18.4 Å². The smallest absolute Gasteiger partial charge is 0.407 e. The number of anilines is 1. The van der Waals surface area contributed by atoms with Crippen LogP contribution in [-0.4, -0.2) is 53.9 Å². The first-order chi connectivity index (χ1) is 15.8. The lowest BCUT2D eigenvalue weighted by Crippen LogP contribution is -2.51. The molecule has 0 unspecified atom stereocenters. The Morgan fingerprint density at radius 2 is 1.88 bits per heavy atom. The number of carbonyl (C=O) groups is 3. The minimum atomic E-state index is -0.623. The van der Waals surface area contributed by atoms with E-state index in [0.29, 0.717) is 42.7 Å². The van der Waals surface area contributed by atoms with E-state index in [0.717, 1.165) is 0 Å². The quantitative estimate of drug-likeness (QED) is 0.253. The summed E-state index contributed by atoms with van der Waals surface area (Å²) in [7, 11) is 0. The van der Waals surface area contributed by atoms with Crippen molar-refractivity contribution < 1.29 is 24.2 Å². The Morgan fingerprint density at radius 1 is 1.21 bits per heavy atom. The van der Waals surface area contributed by atoms with Gasteiger partial charge in [0.2, 0.25) is 5.91 Å². The first-order valence-corrected chi connectivity index (χ1v) is 11.4. The average molecular weight is 479 g/mol. The number of amides is 4. The molecule has 7 N–H and O–H groups in total. The zero-order chi connectivity index (χ0) is 25.9. The number of primary amides is 1. The summed E-state index contributed by atoms with van der Waals surface area (Å²) >= 11 is 0. The van der Waals surface area contributed by atoms with Gasteiger partial charge in [0, 0.05) is 24.8 Å². The molecule has 10 heteroatoms. The topological polar surface area (TPSA) is 155 Å². The molecule has 0 spiro atoms. The minimum Gasteiger partial charge on any atom is -0.444 e. The Balaban J connectivity index is 2.86. The summed E-state index contributed by atoms with van der Waals surface area (Å²) in [6, 6.07) is 3.60. The van der Waals surface area contributed by atoms with E-state index >= 15 is 0 Å². The molecule has 0 aliphatic heterocycles. The fraction of sp³-hybridized carbons (Fsp3) is 0.583. The number of urea groups is 1. The van der Waals surface area contributed by atoms with Gasteiger partial charge in [-0.25, -0.2) is 9.59 Å². The number of carbonyl (C=O) groups excluding carboxylic acids is 3. The molecule has 0 bridgehead atoms. The highest BCUT2D eigenvalue weighted by atomic mass is 16.6. The summed E-state index contributed by atoms with van der Waals surface area (Å²) in [4.78, 5) is 36.2. The Kier molecular flexibility index (Phi) is 11.8. The zero-order valence-corrected chi connectivity index (χ0v) is 20.9. The van der Waals surface area contributed by atoms with Gasteiger partial charge >= 0.3 is 12.1 Å². The highest BCUT2D eigenvalue weighted by molar-refractivity contribution is 5.95. The normalized spacial score (nSPS) is 13.2. The molecule has 1 rings (SSSR count). The van der Waals surface area contributed by atoms with Crippen LogP contribution in [0.5, 0.6) is 0 Å². The highest BCUT2D eigenvalue weighted by Crippen LogP contribution is 2.16. The summed E-state index contributed by atoms with van der Waals surface area (Å²) < 4.78 is 5.35. The number of hydrogen-bond donors (Lipinski definition) is 6. The third-order valence-electron chi connectivity index (χ3n) is 5.02. The second-order valence-corrected chi connectivity index (χ2v) is 9.52. The maximum atomic E-state index is 13.0. The first kappa shape index (κ1) is 29.2. The van der Waals surface area contributed by atoms with Crippen molar-refractivity contribution in [2.24, 2.45) is 11.7 Å². The number of benzene rings is 1. The van der Waals surface area contributed by atoms with Gasteiger partial charge in [-0.3, -0.25) is 4.79 Å². The lowest BCUT2D eigenvalue weighted by molar-refractivity contribution is -0.118. The second kappa shape index (κ2) is 13.8. The minimum absolute atomic E-state index is 0.0833. The molecule has 4 amide bonds. The number of nitrogens with one attached hydrogen (secondary N) is 4. The van der Waals surface area contributed by atoms with Gasteiger partial charge < -0.3 is 36.8 Å². The van der Waals surface area contributed by atoms with Gasteiger partial charge in [0.05, 0.1) is 12.6 Å². The molecule has 0 saturated carbocycles. The van der Waals surface area contributed by atoms with E-state index < -0.39 is 23.8 Å². The molecule has 191 valence electrons. The molecule has 0 aliphatic carbocycles. The van der Waals surface area contributed by atoms with Crippen LogP contribution in [0.15, 0.2) is 18.2 Å². The molecule has 10 nitrogen and oxygen atoms in total. The molecule has 0 aliphatic rings. The van der Waals surface area contributed by atoms with Crippen LogP contribution in [-0.2, 0) is 16.1 Å². The maximum Gasteiger partial charge on any atom is 0.407 e. The van der Waals surface area contributed by atoms with Gasteiger partial charge in [-0.2, -0.15) is 0 Å². The van der Waals surface area contributed by atoms with Gasteiger partial charge in [-0.15, -0.1) is 0 Å². The van der Waals surface area contributed by atoms with Gasteiger partial charge in [-0.1, -0.05) is 19.9 Å². The summed E-state index contributed by atoms with van der Waals surface area (Å²) in [6.07, 6.45) is 0.422. The fourth-order valence-corrected chi connectivity index (χ4v) is 3.11. The molecule has 0 fully saturated rings. The molecule has 1 aromatic carbocycles. The highest BCUT2D eigenvalue weighted by Gasteiger charge is 2.24. The number of nitrogens with two attached hydrogens (primary N) is 1. The van der Waals surface area contributed by atoms with Crippen LogP contribution in [0.4, 0.5) is 15.3 Å². The van der Waals surface area contributed by atoms with Crippen LogP contribution in [0.25, 0.3) is 0 Å². The molecule has 1 aromatic rings. The average Bonchev–Trinajstić information content (AvgIpc) is 2.70. The summed E-state index contributed by atoms with van der Waals surface area (Å²) in [5.41, 5.74) is 6.35. The Hall–Kier alpha value is -2.85. The number of ether oxygens (including phenoxy) is 1. The first-order valence-electron chi connectivity index (χ1n) is 11.4. The van der Waals surface area contributed by atoms with Crippen molar-refractivity contribution >= 4 is 23.7 Å². The molecular weight excluding hydrogens is 438 g/mol. The maximum absolute atomic E-state index is 13.0. The molecular formula is C24H40N5O5. The lowest BCUT2D eigenvalue weighted by Gasteiger charge is -2.28. The zero-order valence-electron chi connectivity index (χ0n) is 20.9. The van der Waals surface area contributed by atoms with Crippen LogP contribution < -0.4 is 27.0 Å². The molecule has 1 radical (unpaired) electrons. The Morgan fingerprint density at radius 3 is 2.41 bits per heavy atom. The van der Waals surface area contributed by atoms with Crippen LogP contribution in [0.2, 0.25) is 0 Å². The van der Waals surface area contributed by atoms with Gasteiger partial charge in [0.25, 0.3) is 0 Å². The molecule has 0 aromatic heterocycles. The van der Waals surface area contributed by atoms with E-state index in [1.807, 2.05) is 13.8 Å². The molecule has 2 atom stereocenters. The summed E-state index contributed by atoms with van der Waals surface area (Å²) in [6.45, 7) is 13.7. The van der Waals surface area contributed by atoms with Crippen LogP contribution in [0, 0.1) is 12.8 Å². The van der Waals surface area contributed by atoms with E-state index in [-0.39, 0.29) is 24.5 Å². The van der Waals surface area contributed by atoms with E-state index in [1.165, 1.54) is 0 Å². The third-order valence-corrected chi connectivity index (χ3v) is 5.02. The van der Waals surface area contributed by atoms with Crippen molar-refractivity contribution in [3.05, 3.63) is 36.2 Å². The van der Waals surface area contributed by atoms with E-state index in [4.69, 9.17) is 10.5 Å². The number of aliphatic hydroxyl groups excluding tert-OH is 1. The molecule has 0 saturated heterocycles. The molecule has 34 heavy (non-hydrogen) atoms. The lowest BCUT2D eigenvalue weighted by atomic mass is 10.0. The summed E-state index contributed by atoms with van der Waals surface area (Å²) in [5, 5.41) is 20.8. The SMILES string of the molecule is [CH2]c1cc(NC(=O)[C@H](CCCNC(N)=O)NC[C@@H](NC(=O)OC(C)(C)C)C(C)C)ccc1CO. The van der Waals surface area contributed by atoms with Crippen molar-refractivity contribution in [1.82, 2.24) is 16.0 Å². The van der Waals surface area contributed by atoms with Crippen molar-refractivity contribution in [3.63, 3.8) is 0 Å². The third kappa shape index (κ3) is 11.3. The van der Waals surface area contributed by atoms with Crippen LogP contribution >= 0.6 is 0 Å². The van der Waals surface area contributed by atoms with E-state index in [1.54, 1.807) is 39.0 Å². The van der Waals surface area contributed by atoms with Crippen molar-refractivity contribution in [1.29, 1.82) is 0 Å². The monoisotopic (exact) mass is 478 g/mol. The van der Waals surface area contributed by atoms with Gasteiger partial charge in [-0.05, 0) is 69.7 Å². The van der Waals surface area contributed by atoms with E-state index in [2.05, 4.69) is 28.2 Å². The van der Waals surface area contributed by atoms with Gasteiger partial charge in [0.1, 0.15) is 5.60 Å². The predicted octanol–water partition coefficient (Wildman–Crippen LogP) is 2.26. The number of alkyl carbamates (subject to hydrolysis) is 1. The second-order valence-electron chi connectivity index (χ2n) is 9.52. The van der Waals surface area contributed by atoms with Gasteiger partial charge in [0.15, 0.2) is 0 Å². The van der Waals surface area contributed by atoms with E-state index in [9.17, 15) is 19.5 Å². The molecule has 0 heterocycles. The number of rotatable bonds is 12. The standard InChI is InChI=1S/C24H40N5O5/c1-15(2)20(29-23(33)34-24(4,5)6)13-27-19(8-7-11-26-22(25)32)21(31)28-18-10-9-17(14-30)16(3)12-18/h9-10,12,15,19-20,27,30H,3,7-8,11,13-14H2,1-2,4-6H3,(H,28,31)(H,29,33)(H3,25,26,32)/t19-,20+/m0/s1.